The fourth-order valence-electron chi connectivity index (χ4n) is 1.30. The SMILES string of the molecule is CC(C)CC(C)Oc1nccc(N)n1. The van der Waals surface area contributed by atoms with Gasteiger partial charge in [-0.25, -0.2) is 4.98 Å². The molecule has 0 saturated carbocycles. The molecule has 0 aliphatic rings. The smallest absolute Gasteiger partial charge is 0.318 e. The minimum Gasteiger partial charge on any atom is -0.460 e. The first-order chi connectivity index (χ1) is 6.58. The summed E-state index contributed by atoms with van der Waals surface area (Å²) >= 11 is 0. The summed E-state index contributed by atoms with van der Waals surface area (Å²) in [6.07, 6.45) is 2.70. The number of nitrogens with two attached hydrogens (primary N) is 1. The van der Waals surface area contributed by atoms with Crippen LogP contribution in [0.15, 0.2) is 12.3 Å². The fourth-order valence-corrected chi connectivity index (χ4v) is 1.30. The first-order valence-corrected chi connectivity index (χ1v) is 4.83. The van der Waals surface area contributed by atoms with E-state index in [1.54, 1.807) is 12.3 Å². The second-order valence-corrected chi connectivity index (χ2v) is 3.82. The van der Waals surface area contributed by atoms with Crippen LogP contribution in [0.25, 0.3) is 0 Å². The van der Waals surface area contributed by atoms with E-state index in [4.69, 9.17) is 10.5 Å². The van der Waals surface area contributed by atoms with Crippen molar-refractivity contribution in [3.8, 4) is 6.01 Å². The summed E-state index contributed by atoms with van der Waals surface area (Å²) in [4.78, 5) is 7.94. The average molecular weight is 195 g/mol. The molecule has 1 aromatic heterocycles. The van der Waals surface area contributed by atoms with Crippen LogP contribution in [0, 0.1) is 5.92 Å². The molecule has 4 heteroatoms. The number of hydrogen-bond donors (Lipinski definition) is 1. The van der Waals surface area contributed by atoms with E-state index in [0.717, 1.165) is 6.42 Å². The summed E-state index contributed by atoms with van der Waals surface area (Å²) in [5, 5.41) is 0. The van der Waals surface area contributed by atoms with Crippen LogP contribution in [-0.2, 0) is 0 Å². The highest BCUT2D eigenvalue weighted by Gasteiger charge is 2.08. The molecular formula is C10H17N3O. The van der Waals surface area contributed by atoms with Gasteiger partial charge in [0.15, 0.2) is 0 Å². The third-order valence-corrected chi connectivity index (χ3v) is 1.76. The van der Waals surface area contributed by atoms with Crippen molar-refractivity contribution in [1.29, 1.82) is 0 Å². The van der Waals surface area contributed by atoms with Crippen LogP contribution >= 0.6 is 0 Å². The van der Waals surface area contributed by atoms with Crippen molar-refractivity contribution < 1.29 is 4.74 Å². The number of ether oxygens (including phenoxy) is 1. The van der Waals surface area contributed by atoms with E-state index < -0.39 is 0 Å². The number of aromatic nitrogens is 2. The molecule has 4 nitrogen and oxygen atoms in total. The van der Waals surface area contributed by atoms with Crippen molar-refractivity contribution in [2.75, 3.05) is 5.73 Å². The van der Waals surface area contributed by atoms with Crippen molar-refractivity contribution in [3.63, 3.8) is 0 Å². The minimum absolute atomic E-state index is 0.122. The Morgan fingerprint density at radius 2 is 2.14 bits per heavy atom. The summed E-state index contributed by atoms with van der Waals surface area (Å²) in [6, 6.07) is 2.00. The monoisotopic (exact) mass is 195 g/mol. The molecule has 0 aromatic carbocycles. The molecule has 0 saturated heterocycles. The molecule has 14 heavy (non-hydrogen) atoms. The van der Waals surface area contributed by atoms with Gasteiger partial charge in [0.2, 0.25) is 0 Å². The van der Waals surface area contributed by atoms with Crippen molar-refractivity contribution >= 4 is 5.82 Å². The van der Waals surface area contributed by atoms with Crippen LogP contribution in [0.2, 0.25) is 0 Å². The molecular weight excluding hydrogens is 178 g/mol. The first kappa shape index (κ1) is 10.8. The van der Waals surface area contributed by atoms with Crippen LogP contribution in [0.1, 0.15) is 27.2 Å². The standard InChI is InChI=1S/C10H17N3O/c1-7(2)6-8(3)14-10-12-5-4-9(11)13-10/h4-5,7-8H,6H2,1-3H3,(H2,11,12,13). The second-order valence-electron chi connectivity index (χ2n) is 3.82. The van der Waals surface area contributed by atoms with E-state index in [0.29, 0.717) is 17.7 Å². The van der Waals surface area contributed by atoms with Crippen molar-refractivity contribution in [2.24, 2.45) is 5.92 Å². The molecule has 1 rings (SSSR count). The molecule has 1 unspecified atom stereocenters. The highest BCUT2D eigenvalue weighted by Crippen LogP contribution is 2.11. The van der Waals surface area contributed by atoms with Gasteiger partial charge in [0.1, 0.15) is 5.82 Å². The Kier molecular flexibility index (Phi) is 3.68. The molecule has 0 aliphatic heterocycles. The maximum Gasteiger partial charge on any atom is 0.318 e. The van der Waals surface area contributed by atoms with E-state index in [1.165, 1.54) is 0 Å². The third kappa shape index (κ3) is 3.60. The molecule has 1 heterocycles. The summed E-state index contributed by atoms with van der Waals surface area (Å²) < 4.78 is 5.50. The van der Waals surface area contributed by atoms with E-state index in [1.807, 2.05) is 6.92 Å². The fraction of sp³-hybridized carbons (Fsp3) is 0.600. The van der Waals surface area contributed by atoms with E-state index in [9.17, 15) is 0 Å². The Bertz CT molecular complexity index is 288. The predicted molar refractivity (Wildman–Crippen MR) is 56.0 cm³/mol. The van der Waals surface area contributed by atoms with E-state index in [2.05, 4.69) is 23.8 Å². The second kappa shape index (κ2) is 4.79. The third-order valence-electron chi connectivity index (χ3n) is 1.76. The summed E-state index contributed by atoms with van der Waals surface area (Å²) in [6.45, 7) is 6.31. The van der Waals surface area contributed by atoms with Crippen LogP contribution in [-0.4, -0.2) is 16.1 Å². The van der Waals surface area contributed by atoms with Gasteiger partial charge in [0, 0.05) is 6.20 Å². The van der Waals surface area contributed by atoms with Crippen LogP contribution in [0.5, 0.6) is 6.01 Å². The Balaban J connectivity index is 2.51. The lowest BCUT2D eigenvalue weighted by atomic mass is 10.1. The zero-order valence-corrected chi connectivity index (χ0v) is 8.90. The van der Waals surface area contributed by atoms with E-state index in [-0.39, 0.29) is 6.10 Å². The highest BCUT2D eigenvalue weighted by molar-refractivity contribution is 5.26. The van der Waals surface area contributed by atoms with Gasteiger partial charge in [0.05, 0.1) is 6.10 Å². The largest absolute Gasteiger partial charge is 0.460 e. The molecule has 0 bridgehead atoms. The number of rotatable bonds is 4. The van der Waals surface area contributed by atoms with Gasteiger partial charge >= 0.3 is 6.01 Å². The predicted octanol–water partition coefficient (Wildman–Crippen LogP) is 1.87. The highest BCUT2D eigenvalue weighted by atomic mass is 16.5. The molecule has 0 fully saturated rings. The van der Waals surface area contributed by atoms with Gasteiger partial charge in [0.25, 0.3) is 0 Å². The average Bonchev–Trinajstić information content (AvgIpc) is 2.01. The topological polar surface area (TPSA) is 61.0 Å². The number of anilines is 1. The minimum atomic E-state index is 0.122. The Morgan fingerprint density at radius 3 is 2.71 bits per heavy atom. The van der Waals surface area contributed by atoms with Crippen molar-refractivity contribution in [1.82, 2.24) is 9.97 Å². The lowest BCUT2D eigenvalue weighted by molar-refractivity contribution is 0.178. The molecule has 2 N–H and O–H groups in total. The molecule has 78 valence electrons. The number of nitrogens with zero attached hydrogens (tertiary/aromatic N) is 2. The zero-order valence-electron chi connectivity index (χ0n) is 8.90. The van der Waals surface area contributed by atoms with Gasteiger partial charge < -0.3 is 10.5 Å². The van der Waals surface area contributed by atoms with Gasteiger partial charge in [-0.1, -0.05) is 13.8 Å². The zero-order chi connectivity index (χ0) is 10.6. The summed E-state index contributed by atoms with van der Waals surface area (Å²) in [5.41, 5.74) is 5.50. The van der Waals surface area contributed by atoms with Gasteiger partial charge in [-0.15, -0.1) is 0 Å². The van der Waals surface area contributed by atoms with Crippen LogP contribution < -0.4 is 10.5 Å². The Hall–Kier alpha value is -1.32. The lowest BCUT2D eigenvalue weighted by Crippen LogP contribution is -2.16. The van der Waals surface area contributed by atoms with Gasteiger partial charge in [-0.05, 0) is 25.3 Å². The molecule has 0 spiro atoms. The van der Waals surface area contributed by atoms with Crippen molar-refractivity contribution in [3.05, 3.63) is 12.3 Å². The maximum absolute atomic E-state index is 5.50. The summed E-state index contributed by atoms with van der Waals surface area (Å²) in [5.74, 6) is 1.04. The molecule has 0 amide bonds. The number of nitrogen functional groups attached to an aromatic ring is 1. The molecule has 1 atom stereocenters. The molecule has 0 radical (unpaired) electrons. The molecule has 1 aromatic rings. The van der Waals surface area contributed by atoms with Gasteiger partial charge in [-0.3, -0.25) is 0 Å². The maximum atomic E-state index is 5.50. The van der Waals surface area contributed by atoms with E-state index >= 15 is 0 Å². The van der Waals surface area contributed by atoms with Crippen molar-refractivity contribution in [2.45, 2.75) is 33.3 Å². The van der Waals surface area contributed by atoms with Crippen LogP contribution in [0.3, 0.4) is 0 Å². The molecule has 0 aliphatic carbocycles. The Morgan fingerprint density at radius 1 is 1.43 bits per heavy atom. The Labute approximate surface area is 84.5 Å². The quantitative estimate of drug-likeness (QED) is 0.796. The number of hydrogen-bond acceptors (Lipinski definition) is 4. The van der Waals surface area contributed by atoms with Crippen LogP contribution in [0.4, 0.5) is 5.82 Å². The summed E-state index contributed by atoms with van der Waals surface area (Å²) in [7, 11) is 0. The lowest BCUT2D eigenvalue weighted by Gasteiger charge is -2.14. The normalized spacial score (nSPS) is 12.9. The van der Waals surface area contributed by atoms with Gasteiger partial charge in [-0.2, -0.15) is 4.98 Å². The first-order valence-electron chi connectivity index (χ1n) is 4.83.